The minimum Gasteiger partial charge on any atom is -0.494 e. The second-order valence-corrected chi connectivity index (χ2v) is 11.2. The molecule has 4 rings (SSSR count). The summed E-state index contributed by atoms with van der Waals surface area (Å²) in [7, 11) is -3.70. The van der Waals surface area contributed by atoms with Gasteiger partial charge in [0.15, 0.2) is 5.13 Å². The molecule has 190 valence electrons. The lowest BCUT2D eigenvalue weighted by atomic mass is 10.2. The molecular formula is C26H30N4O4S2. The zero-order valence-electron chi connectivity index (χ0n) is 20.3. The van der Waals surface area contributed by atoms with E-state index in [0.717, 1.165) is 21.1 Å². The van der Waals surface area contributed by atoms with Gasteiger partial charge in [0.25, 0.3) is 5.91 Å². The van der Waals surface area contributed by atoms with E-state index >= 15 is 0 Å². The number of sulfonamides is 1. The Hall–Kier alpha value is -3.21. The van der Waals surface area contributed by atoms with E-state index in [-0.39, 0.29) is 23.9 Å². The number of carbonyl (C=O) groups is 1. The van der Waals surface area contributed by atoms with E-state index in [2.05, 4.69) is 18.1 Å². The van der Waals surface area contributed by atoms with Gasteiger partial charge in [0, 0.05) is 44.8 Å². The van der Waals surface area contributed by atoms with Crippen molar-refractivity contribution in [2.45, 2.75) is 11.8 Å². The number of hydrogen-bond donors (Lipinski definition) is 0. The van der Waals surface area contributed by atoms with Crippen molar-refractivity contribution in [2.75, 3.05) is 50.8 Å². The molecule has 36 heavy (non-hydrogen) atoms. The summed E-state index contributed by atoms with van der Waals surface area (Å²) in [6, 6.07) is 12.0. The van der Waals surface area contributed by atoms with Crippen molar-refractivity contribution >= 4 is 42.6 Å². The Balaban J connectivity index is 1.40. The van der Waals surface area contributed by atoms with Crippen molar-refractivity contribution in [1.82, 2.24) is 14.2 Å². The van der Waals surface area contributed by atoms with Gasteiger partial charge >= 0.3 is 0 Å². The van der Waals surface area contributed by atoms with E-state index in [0.29, 0.717) is 38.3 Å². The van der Waals surface area contributed by atoms with Gasteiger partial charge in [-0.2, -0.15) is 4.31 Å². The molecule has 0 unspecified atom stereocenters. The average Bonchev–Trinajstić information content (AvgIpc) is 3.32. The minimum atomic E-state index is -3.70. The normalized spacial score (nSPS) is 14.3. The molecule has 1 saturated heterocycles. The number of piperazine rings is 1. The van der Waals surface area contributed by atoms with Crippen LogP contribution in [0.25, 0.3) is 10.2 Å². The number of carbonyl (C=O) groups excluding carboxylic acids is 1. The second-order valence-electron chi connectivity index (χ2n) is 8.26. The lowest BCUT2D eigenvalue weighted by molar-refractivity contribution is 0.0746. The summed E-state index contributed by atoms with van der Waals surface area (Å²) in [6.45, 7) is 12.7. The van der Waals surface area contributed by atoms with Crippen molar-refractivity contribution in [3.8, 4) is 5.75 Å². The summed E-state index contributed by atoms with van der Waals surface area (Å²) in [6.07, 6.45) is 3.07. The molecule has 2 heterocycles. The Bertz CT molecular complexity index is 1330. The highest BCUT2D eigenvalue weighted by molar-refractivity contribution is 7.89. The molecule has 0 aliphatic carbocycles. The van der Waals surface area contributed by atoms with Crippen LogP contribution in [-0.2, 0) is 10.0 Å². The first-order valence-corrected chi connectivity index (χ1v) is 14.0. The molecule has 0 spiro atoms. The van der Waals surface area contributed by atoms with Gasteiger partial charge in [-0.05, 0) is 49.4 Å². The smallest absolute Gasteiger partial charge is 0.253 e. The lowest BCUT2D eigenvalue weighted by Gasteiger charge is -2.34. The van der Waals surface area contributed by atoms with Crippen LogP contribution in [0.3, 0.4) is 0 Å². The molecular weight excluding hydrogens is 496 g/mol. The molecule has 3 aromatic rings. The number of benzene rings is 2. The highest BCUT2D eigenvalue weighted by Gasteiger charge is 2.26. The van der Waals surface area contributed by atoms with Crippen molar-refractivity contribution in [3.05, 3.63) is 73.3 Å². The highest BCUT2D eigenvalue weighted by atomic mass is 32.2. The maximum Gasteiger partial charge on any atom is 0.253 e. The molecule has 2 aromatic carbocycles. The fraction of sp³-hybridized carbons (Fsp3) is 0.308. The SMILES string of the molecule is C=CCN(CC=C)S(=O)(=O)c1ccc(C(=O)N2CCN(c3nc4ccc(OCC)cc4s3)CC2)cc1. The predicted molar refractivity (Wildman–Crippen MR) is 145 cm³/mol. The number of anilines is 1. The monoisotopic (exact) mass is 526 g/mol. The summed E-state index contributed by atoms with van der Waals surface area (Å²) in [5.41, 5.74) is 1.40. The highest BCUT2D eigenvalue weighted by Crippen LogP contribution is 2.32. The van der Waals surface area contributed by atoms with E-state index in [1.165, 1.54) is 28.6 Å². The van der Waals surface area contributed by atoms with E-state index in [1.54, 1.807) is 28.4 Å². The Morgan fingerprint density at radius 3 is 2.36 bits per heavy atom. The van der Waals surface area contributed by atoms with Crippen LogP contribution >= 0.6 is 11.3 Å². The molecule has 8 nitrogen and oxygen atoms in total. The van der Waals surface area contributed by atoms with Crippen LogP contribution in [0.1, 0.15) is 17.3 Å². The summed E-state index contributed by atoms with van der Waals surface area (Å²) >= 11 is 1.62. The van der Waals surface area contributed by atoms with E-state index in [4.69, 9.17) is 9.72 Å². The van der Waals surface area contributed by atoms with Crippen LogP contribution in [0.2, 0.25) is 0 Å². The third-order valence-corrected chi connectivity index (χ3v) is 8.83. The molecule has 1 amide bonds. The summed E-state index contributed by atoms with van der Waals surface area (Å²) in [5.74, 6) is 0.724. The third-order valence-electron chi connectivity index (χ3n) is 5.90. The maximum atomic E-state index is 13.1. The molecule has 1 aromatic heterocycles. The molecule has 1 aliphatic rings. The average molecular weight is 527 g/mol. The van der Waals surface area contributed by atoms with Gasteiger partial charge in [-0.25, -0.2) is 13.4 Å². The number of nitrogens with zero attached hydrogens (tertiary/aromatic N) is 4. The summed E-state index contributed by atoms with van der Waals surface area (Å²) < 4.78 is 33.7. The minimum absolute atomic E-state index is 0.113. The standard InChI is InChI=1S/C26H30N4O4S2/c1-4-13-30(14-5-2)36(32,33)22-10-7-20(8-11-22)25(31)28-15-17-29(18-16-28)26-27-23-12-9-21(34-6-3)19-24(23)35-26/h4-5,7-12,19H,1-2,6,13-18H2,3H3. The number of thiazole rings is 1. The van der Waals surface area contributed by atoms with Gasteiger partial charge < -0.3 is 14.5 Å². The van der Waals surface area contributed by atoms with E-state index in [1.807, 2.05) is 25.1 Å². The predicted octanol–water partition coefficient (Wildman–Crippen LogP) is 4.02. The lowest BCUT2D eigenvalue weighted by Crippen LogP contribution is -2.48. The van der Waals surface area contributed by atoms with Crippen LogP contribution in [0.4, 0.5) is 5.13 Å². The molecule has 10 heteroatoms. The van der Waals surface area contributed by atoms with E-state index < -0.39 is 10.0 Å². The van der Waals surface area contributed by atoms with E-state index in [9.17, 15) is 13.2 Å². The van der Waals surface area contributed by atoms with Crippen LogP contribution in [0, 0.1) is 0 Å². The van der Waals surface area contributed by atoms with Gasteiger partial charge in [-0.1, -0.05) is 23.5 Å². The Labute approximate surface area is 216 Å². The molecule has 0 saturated carbocycles. The second kappa shape index (κ2) is 11.2. The number of amides is 1. The third kappa shape index (κ3) is 5.45. The maximum absolute atomic E-state index is 13.1. The van der Waals surface area contributed by atoms with Gasteiger partial charge in [0.2, 0.25) is 10.0 Å². The Kier molecular flexibility index (Phi) is 8.07. The first-order valence-electron chi connectivity index (χ1n) is 11.8. The van der Waals surface area contributed by atoms with Crippen molar-refractivity contribution in [1.29, 1.82) is 0 Å². The van der Waals surface area contributed by atoms with Gasteiger partial charge in [0.1, 0.15) is 5.75 Å². The fourth-order valence-electron chi connectivity index (χ4n) is 4.05. The van der Waals surface area contributed by atoms with Gasteiger partial charge in [-0.15, -0.1) is 13.2 Å². The molecule has 1 aliphatic heterocycles. The van der Waals surface area contributed by atoms with Gasteiger partial charge in [0.05, 0.1) is 21.7 Å². The Morgan fingerprint density at radius 2 is 1.75 bits per heavy atom. The number of ether oxygens (including phenoxy) is 1. The van der Waals surface area contributed by atoms with Crippen molar-refractivity contribution < 1.29 is 17.9 Å². The first kappa shape index (κ1) is 25.9. The molecule has 0 N–H and O–H groups in total. The molecule has 0 atom stereocenters. The van der Waals surface area contributed by atoms with Crippen LogP contribution in [0.15, 0.2) is 72.7 Å². The first-order chi connectivity index (χ1) is 17.4. The Morgan fingerprint density at radius 1 is 1.08 bits per heavy atom. The van der Waals surface area contributed by atoms with Gasteiger partial charge in [-0.3, -0.25) is 4.79 Å². The number of rotatable bonds is 10. The molecule has 1 fully saturated rings. The van der Waals surface area contributed by atoms with Crippen molar-refractivity contribution in [3.63, 3.8) is 0 Å². The number of aromatic nitrogens is 1. The summed E-state index contributed by atoms with van der Waals surface area (Å²) in [4.78, 5) is 21.9. The summed E-state index contributed by atoms with van der Waals surface area (Å²) in [5, 5.41) is 0.934. The molecule has 0 bridgehead atoms. The van der Waals surface area contributed by atoms with Crippen LogP contribution < -0.4 is 9.64 Å². The fourth-order valence-corrected chi connectivity index (χ4v) is 6.47. The largest absolute Gasteiger partial charge is 0.494 e. The molecule has 0 radical (unpaired) electrons. The number of fused-ring (bicyclic) bond motifs is 1. The van der Waals surface area contributed by atoms with Crippen molar-refractivity contribution in [2.24, 2.45) is 0 Å². The quantitative estimate of drug-likeness (QED) is 0.371. The topological polar surface area (TPSA) is 83.1 Å². The zero-order chi connectivity index (χ0) is 25.7. The number of hydrogen-bond acceptors (Lipinski definition) is 7. The van der Waals surface area contributed by atoms with Crippen LogP contribution in [0.5, 0.6) is 5.75 Å². The zero-order valence-corrected chi connectivity index (χ0v) is 21.9. The van der Waals surface area contributed by atoms with Crippen LogP contribution in [-0.4, -0.2) is 74.4 Å².